The Morgan fingerprint density at radius 1 is 1.36 bits per heavy atom. The number of carbonyl (C=O) groups excluding carboxylic acids is 2. The van der Waals surface area contributed by atoms with E-state index in [9.17, 15) is 9.59 Å². The quantitative estimate of drug-likeness (QED) is 0.641. The van der Waals surface area contributed by atoms with E-state index in [2.05, 4.69) is 15.4 Å². The molecule has 3 heterocycles. The number of ether oxygens (including phenoxy) is 1. The number of aryl methyl sites for hydroxylation is 2. The minimum absolute atomic E-state index is 0.327. The van der Waals surface area contributed by atoms with Gasteiger partial charge in [0.2, 0.25) is 0 Å². The highest BCUT2D eigenvalue weighted by molar-refractivity contribution is 7.13. The lowest BCUT2D eigenvalue weighted by Crippen LogP contribution is -2.44. The Bertz CT molecular complexity index is 1020. The van der Waals surface area contributed by atoms with Gasteiger partial charge in [0.15, 0.2) is 12.3 Å². The van der Waals surface area contributed by atoms with E-state index in [4.69, 9.17) is 4.74 Å². The normalized spacial score (nSPS) is 11.6. The predicted molar refractivity (Wildman–Crippen MR) is 109 cm³/mol. The number of hydrogen-bond acceptors (Lipinski definition) is 6. The van der Waals surface area contributed by atoms with Crippen molar-refractivity contribution < 1.29 is 14.3 Å². The number of pyridine rings is 1. The molecule has 28 heavy (non-hydrogen) atoms. The van der Waals surface area contributed by atoms with Gasteiger partial charge in [0.25, 0.3) is 5.91 Å². The molecule has 0 unspecified atom stereocenters. The molecule has 148 valence electrons. The van der Waals surface area contributed by atoms with E-state index < -0.39 is 5.97 Å². The Kier molecular flexibility index (Phi) is 5.51. The van der Waals surface area contributed by atoms with Gasteiger partial charge in [-0.15, -0.1) is 11.3 Å². The first-order valence-corrected chi connectivity index (χ1v) is 9.96. The molecule has 0 aliphatic heterocycles. The van der Waals surface area contributed by atoms with Crippen molar-refractivity contribution in [2.75, 3.05) is 6.61 Å². The van der Waals surface area contributed by atoms with Crippen molar-refractivity contribution in [3.63, 3.8) is 0 Å². The first-order chi connectivity index (χ1) is 13.2. The Balaban J connectivity index is 1.91. The van der Waals surface area contributed by atoms with Crippen molar-refractivity contribution in [1.82, 2.24) is 20.1 Å². The molecule has 1 amide bonds. The molecule has 0 aliphatic rings. The van der Waals surface area contributed by atoms with Gasteiger partial charge in [-0.05, 0) is 44.7 Å². The molecular weight excluding hydrogens is 376 g/mol. The Labute approximate surface area is 167 Å². The van der Waals surface area contributed by atoms with Crippen LogP contribution >= 0.6 is 11.3 Å². The summed E-state index contributed by atoms with van der Waals surface area (Å²) in [5, 5.41) is 9.83. The lowest BCUT2D eigenvalue weighted by Gasteiger charge is -2.24. The van der Waals surface area contributed by atoms with Crippen LogP contribution in [0.2, 0.25) is 0 Å². The van der Waals surface area contributed by atoms with Gasteiger partial charge in [0.05, 0.1) is 27.2 Å². The molecule has 8 heteroatoms. The van der Waals surface area contributed by atoms with Crippen LogP contribution < -0.4 is 5.32 Å². The molecule has 0 fully saturated rings. The van der Waals surface area contributed by atoms with Crippen molar-refractivity contribution >= 4 is 34.2 Å². The SMILES string of the molecule is CCC(C)(C)NC(=O)COC(=O)c1cc(-c2cccs2)nc2c1c(C)nn2C. The fourth-order valence-electron chi connectivity index (χ4n) is 2.87. The highest BCUT2D eigenvalue weighted by Gasteiger charge is 2.23. The molecule has 3 rings (SSSR count). The molecule has 0 radical (unpaired) electrons. The summed E-state index contributed by atoms with van der Waals surface area (Å²) in [6, 6.07) is 5.58. The van der Waals surface area contributed by atoms with Crippen LogP contribution in [-0.2, 0) is 16.6 Å². The number of rotatable bonds is 6. The largest absolute Gasteiger partial charge is 0.452 e. The van der Waals surface area contributed by atoms with Crippen molar-refractivity contribution in [2.24, 2.45) is 7.05 Å². The van der Waals surface area contributed by atoms with E-state index in [0.717, 1.165) is 11.3 Å². The minimum atomic E-state index is -0.564. The molecule has 0 bridgehead atoms. The molecule has 3 aromatic rings. The van der Waals surface area contributed by atoms with Crippen LogP contribution in [0.1, 0.15) is 43.2 Å². The summed E-state index contributed by atoms with van der Waals surface area (Å²) < 4.78 is 6.96. The molecular formula is C20H24N4O3S. The van der Waals surface area contributed by atoms with Gasteiger partial charge in [-0.25, -0.2) is 9.78 Å². The van der Waals surface area contributed by atoms with Gasteiger partial charge in [0.1, 0.15) is 0 Å². The standard InChI is InChI=1S/C20H24N4O3S/c1-6-20(3,4)22-16(25)11-27-19(26)13-10-14(15-8-7-9-28-15)21-18-17(13)12(2)23-24(18)5/h7-10H,6,11H2,1-5H3,(H,22,25). The molecule has 0 spiro atoms. The van der Waals surface area contributed by atoms with Gasteiger partial charge in [-0.1, -0.05) is 13.0 Å². The summed E-state index contributed by atoms with van der Waals surface area (Å²) in [5.74, 6) is -0.891. The first-order valence-electron chi connectivity index (χ1n) is 9.08. The monoisotopic (exact) mass is 400 g/mol. The van der Waals surface area contributed by atoms with Gasteiger partial charge in [0, 0.05) is 12.6 Å². The van der Waals surface area contributed by atoms with Crippen molar-refractivity contribution in [2.45, 2.75) is 39.7 Å². The average Bonchev–Trinajstić information content (AvgIpc) is 3.27. The summed E-state index contributed by atoms with van der Waals surface area (Å²) in [6.07, 6.45) is 0.775. The lowest BCUT2D eigenvalue weighted by molar-refractivity contribution is -0.125. The van der Waals surface area contributed by atoms with Crippen LogP contribution in [0.3, 0.4) is 0 Å². The van der Waals surface area contributed by atoms with Crippen molar-refractivity contribution in [1.29, 1.82) is 0 Å². The maximum absolute atomic E-state index is 12.8. The van der Waals surface area contributed by atoms with Crippen LogP contribution in [0, 0.1) is 6.92 Å². The fourth-order valence-corrected chi connectivity index (χ4v) is 3.55. The van der Waals surface area contributed by atoms with E-state index in [-0.39, 0.29) is 18.1 Å². The Morgan fingerprint density at radius 3 is 2.75 bits per heavy atom. The fraction of sp³-hybridized carbons (Fsp3) is 0.400. The molecule has 0 saturated carbocycles. The Hall–Kier alpha value is -2.74. The van der Waals surface area contributed by atoms with Gasteiger partial charge in [-0.3, -0.25) is 9.48 Å². The van der Waals surface area contributed by atoms with E-state index in [1.807, 2.05) is 45.2 Å². The van der Waals surface area contributed by atoms with Crippen molar-refractivity contribution in [3.05, 3.63) is 34.8 Å². The molecule has 3 aromatic heterocycles. The maximum Gasteiger partial charge on any atom is 0.339 e. The van der Waals surface area contributed by atoms with E-state index in [1.54, 1.807) is 17.8 Å². The summed E-state index contributed by atoms with van der Waals surface area (Å²) >= 11 is 1.54. The number of fused-ring (bicyclic) bond motifs is 1. The first kappa shape index (κ1) is 20.0. The predicted octanol–water partition coefficient (Wildman–Crippen LogP) is 3.47. The highest BCUT2D eigenvalue weighted by atomic mass is 32.1. The average molecular weight is 401 g/mol. The smallest absolute Gasteiger partial charge is 0.339 e. The zero-order valence-corrected chi connectivity index (χ0v) is 17.5. The van der Waals surface area contributed by atoms with Crippen LogP contribution in [0.25, 0.3) is 21.6 Å². The van der Waals surface area contributed by atoms with Gasteiger partial charge in [-0.2, -0.15) is 5.10 Å². The molecule has 0 saturated heterocycles. The van der Waals surface area contributed by atoms with Gasteiger partial charge < -0.3 is 10.1 Å². The van der Waals surface area contributed by atoms with E-state index in [1.165, 1.54) is 11.3 Å². The molecule has 0 aromatic carbocycles. The number of carbonyl (C=O) groups is 2. The number of esters is 1. The third kappa shape index (κ3) is 4.06. The number of amides is 1. The third-order valence-corrected chi connectivity index (χ3v) is 5.55. The third-order valence-electron chi connectivity index (χ3n) is 4.66. The second-order valence-electron chi connectivity index (χ2n) is 7.30. The summed E-state index contributed by atoms with van der Waals surface area (Å²) in [7, 11) is 1.79. The van der Waals surface area contributed by atoms with Crippen LogP contribution in [0.4, 0.5) is 0 Å². The summed E-state index contributed by atoms with van der Waals surface area (Å²) in [5.41, 5.74) is 1.98. The second kappa shape index (κ2) is 7.71. The molecule has 7 nitrogen and oxygen atoms in total. The van der Waals surface area contributed by atoms with Gasteiger partial charge >= 0.3 is 5.97 Å². The molecule has 1 N–H and O–H groups in total. The van der Waals surface area contributed by atoms with E-state index >= 15 is 0 Å². The summed E-state index contributed by atoms with van der Waals surface area (Å²) in [4.78, 5) is 30.5. The number of thiophene rings is 1. The minimum Gasteiger partial charge on any atom is -0.452 e. The molecule has 0 atom stereocenters. The zero-order chi connectivity index (χ0) is 20.5. The summed E-state index contributed by atoms with van der Waals surface area (Å²) in [6.45, 7) is 7.32. The van der Waals surface area contributed by atoms with Crippen molar-refractivity contribution in [3.8, 4) is 10.6 Å². The zero-order valence-electron chi connectivity index (χ0n) is 16.7. The number of aromatic nitrogens is 3. The lowest BCUT2D eigenvalue weighted by atomic mass is 10.0. The number of hydrogen-bond donors (Lipinski definition) is 1. The number of nitrogens with one attached hydrogen (secondary N) is 1. The second-order valence-corrected chi connectivity index (χ2v) is 8.25. The van der Waals surface area contributed by atoms with Crippen LogP contribution in [0.15, 0.2) is 23.6 Å². The Morgan fingerprint density at radius 2 is 2.11 bits per heavy atom. The van der Waals surface area contributed by atoms with E-state index in [0.29, 0.717) is 28.0 Å². The van der Waals surface area contributed by atoms with Crippen LogP contribution in [-0.4, -0.2) is 38.8 Å². The van der Waals surface area contributed by atoms with Crippen LogP contribution in [0.5, 0.6) is 0 Å². The maximum atomic E-state index is 12.8. The number of nitrogens with zero attached hydrogens (tertiary/aromatic N) is 3. The topological polar surface area (TPSA) is 86.1 Å². The highest BCUT2D eigenvalue weighted by Crippen LogP contribution is 2.29. The molecule has 0 aliphatic carbocycles.